The molecule has 0 bridgehead atoms. The van der Waals surface area contributed by atoms with Gasteiger partial charge in [0.15, 0.2) is 12.4 Å². The molecular weight excluding hydrogens is 220 g/mol. The van der Waals surface area contributed by atoms with Crippen LogP contribution in [0.3, 0.4) is 0 Å². The van der Waals surface area contributed by atoms with Crippen LogP contribution in [0.15, 0.2) is 17.4 Å². The van der Waals surface area contributed by atoms with Gasteiger partial charge in [-0.2, -0.15) is 0 Å². The molecule has 0 amide bonds. The lowest BCUT2D eigenvalue weighted by Crippen LogP contribution is -2.18. The minimum absolute atomic E-state index is 0.0735. The van der Waals surface area contributed by atoms with Gasteiger partial charge in [-0.25, -0.2) is 13.8 Å². The number of alkyl halides is 2. The van der Waals surface area contributed by atoms with Crippen molar-refractivity contribution in [1.82, 2.24) is 4.98 Å². The van der Waals surface area contributed by atoms with Gasteiger partial charge >= 0.3 is 0 Å². The number of amidine groups is 1. The van der Waals surface area contributed by atoms with Gasteiger partial charge < -0.3 is 15.7 Å². The fraction of sp³-hybridized carbons (Fsp3) is 0.333. The van der Waals surface area contributed by atoms with Crippen LogP contribution in [0, 0.1) is 6.92 Å². The van der Waals surface area contributed by atoms with Crippen molar-refractivity contribution in [3.63, 3.8) is 0 Å². The van der Waals surface area contributed by atoms with Gasteiger partial charge in [0, 0.05) is 6.20 Å². The molecule has 88 valence electrons. The topological polar surface area (TPSA) is 80.7 Å². The Morgan fingerprint density at radius 3 is 2.94 bits per heavy atom. The molecular formula is C9H11F2N3O2. The molecule has 0 radical (unpaired) electrons. The Kier molecular flexibility index (Phi) is 3.98. The predicted octanol–water partition coefficient (Wildman–Crippen LogP) is 1.13. The number of aryl methyl sites for hydroxylation is 1. The Labute approximate surface area is 90.5 Å². The molecule has 0 aliphatic carbocycles. The molecule has 3 N–H and O–H groups in total. The molecule has 0 aliphatic rings. The van der Waals surface area contributed by atoms with E-state index in [0.717, 1.165) is 0 Å². The summed E-state index contributed by atoms with van der Waals surface area (Å²) in [4.78, 5) is 3.75. The minimum atomic E-state index is -2.61. The molecule has 0 atom stereocenters. The number of nitrogens with two attached hydrogens (primary N) is 1. The van der Waals surface area contributed by atoms with Crippen molar-refractivity contribution in [3.8, 4) is 5.88 Å². The first-order valence-corrected chi connectivity index (χ1v) is 4.40. The summed E-state index contributed by atoms with van der Waals surface area (Å²) in [5.41, 5.74) is 6.23. The maximum Gasteiger partial charge on any atom is 0.272 e. The third-order valence-electron chi connectivity index (χ3n) is 1.83. The first-order valence-electron chi connectivity index (χ1n) is 4.40. The molecule has 1 aromatic rings. The molecule has 0 fully saturated rings. The number of rotatable bonds is 4. The first-order chi connectivity index (χ1) is 7.56. The number of nitrogens with zero attached hydrogens (tertiary/aromatic N) is 2. The molecule has 0 unspecified atom stereocenters. The van der Waals surface area contributed by atoms with Crippen LogP contribution in [0.5, 0.6) is 5.88 Å². The summed E-state index contributed by atoms with van der Waals surface area (Å²) in [6.45, 7) is 0.881. The van der Waals surface area contributed by atoms with E-state index in [9.17, 15) is 8.78 Å². The Morgan fingerprint density at radius 1 is 1.69 bits per heavy atom. The molecule has 1 rings (SSSR count). The summed E-state index contributed by atoms with van der Waals surface area (Å²) in [6.07, 6.45) is -1.22. The standard InChI is InChI=1S/C9H11F2N3O2/c1-5-2-3-13-9(16-4-6(10)11)7(5)8(12)14-15/h2-3,6,15H,4H2,1H3,(H2,12,14). The second-order valence-electron chi connectivity index (χ2n) is 3.00. The van der Waals surface area contributed by atoms with Gasteiger partial charge in [0.25, 0.3) is 6.43 Å². The van der Waals surface area contributed by atoms with E-state index in [1.54, 1.807) is 13.0 Å². The lowest BCUT2D eigenvalue weighted by Gasteiger charge is -2.10. The zero-order valence-corrected chi connectivity index (χ0v) is 8.52. The quantitative estimate of drug-likeness (QED) is 0.352. The second-order valence-corrected chi connectivity index (χ2v) is 3.00. The molecule has 0 aliphatic heterocycles. The zero-order chi connectivity index (χ0) is 12.1. The van der Waals surface area contributed by atoms with Crippen molar-refractivity contribution in [3.05, 3.63) is 23.4 Å². The van der Waals surface area contributed by atoms with E-state index in [0.29, 0.717) is 5.56 Å². The van der Waals surface area contributed by atoms with Gasteiger partial charge in [0.1, 0.15) is 0 Å². The SMILES string of the molecule is Cc1ccnc(OCC(F)F)c1/C(N)=N/O. The summed E-state index contributed by atoms with van der Waals surface area (Å²) in [5, 5.41) is 11.3. The zero-order valence-electron chi connectivity index (χ0n) is 8.52. The van der Waals surface area contributed by atoms with E-state index in [1.165, 1.54) is 6.20 Å². The van der Waals surface area contributed by atoms with E-state index in [2.05, 4.69) is 10.1 Å². The highest BCUT2D eigenvalue weighted by Gasteiger charge is 2.14. The molecule has 0 saturated heterocycles. The van der Waals surface area contributed by atoms with E-state index < -0.39 is 13.0 Å². The fourth-order valence-corrected chi connectivity index (χ4v) is 1.15. The highest BCUT2D eigenvalue weighted by molar-refractivity contribution is 6.00. The Hall–Kier alpha value is -1.92. The number of pyridine rings is 1. The third-order valence-corrected chi connectivity index (χ3v) is 1.83. The van der Waals surface area contributed by atoms with Crippen LogP contribution in [0.4, 0.5) is 8.78 Å². The Balaban J connectivity index is 3.03. The monoisotopic (exact) mass is 231 g/mol. The van der Waals surface area contributed by atoms with Crippen LogP contribution in [0.2, 0.25) is 0 Å². The normalized spacial score (nSPS) is 11.9. The number of ether oxygens (including phenoxy) is 1. The van der Waals surface area contributed by atoms with Crippen LogP contribution in [0.25, 0.3) is 0 Å². The predicted molar refractivity (Wildman–Crippen MR) is 53.0 cm³/mol. The van der Waals surface area contributed by atoms with Gasteiger partial charge in [0.2, 0.25) is 5.88 Å². The van der Waals surface area contributed by atoms with E-state index in [4.69, 9.17) is 15.7 Å². The van der Waals surface area contributed by atoms with Crippen LogP contribution >= 0.6 is 0 Å². The summed E-state index contributed by atoms with van der Waals surface area (Å²) in [7, 11) is 0. The average Bonchev–Trinajstić information content (AvgIpc) is 2.25. The Morgan fingerprint density at radius 2 is 2.38 bits per heavy atom. The molecule has 16 heavy (non-hydrogen) atoms. The maximum absolute atomic E-state index is 12.0. The van der Waals surface area contributed by atoms with Gasteiger partial charge in [-0.3, -0.25) is 0 Å². The largest absolute Gasteiger partial charge is 0.471 e. The number of hydrogen-bond donors (Lipinski definition) is 2. The number of aromatic nitrogens is 1. The summed E-state index contributed by atoms with van der Waals surface area (Å²) >= 11 is 0. The summed E-state index contributed by atoms with van der Waals surface area (Å²) < 4.78 is 28.7. The molecule has 0 saturated carbocycles. The molecule has 5 nitrogen and oxygen atoms in total. The van der Waals surface area contributed by atoms with Gasteiger partial charge in [-0.1, -0.05) is 5.16 Å². The van der Waals surface area contributed by atoms with Crippen LogP contribution in [-0.2, 0) is 0 Å². The molecule has 1 aromatic heterocycles. The molecule has 7 heteroatoms. The second kappa shape index (κ2) is 5.24. The highest BCUT2D eigenvalue weighted by Crippen LogP contribution is 2.19. The van der Waals surface area contributed by atoms with Gasteiger partial charge in [-0.05, 0) is 18.6 Å². The molecule has 1 heterocycles. The fourth-order valence-electron chi connectivity index (χ4n) is 1.15. The summed E-state index contributed by atoms with van der Waals surface area (Å²) in [6, 6.07) is 1.60. The van der Waals surface area contributed by atoms with E-state index in [-0.39, 0.29) is 17.3 Å². The van der Waals surface area contributed by atoms with E-state index in [1.807, 2.05) is 0 Å². The van der Waals surface area contributed by atoms with Gasteiger partial charge in [0.05, 0.1) is 5.56 Å². The van der Waals surface area contributed by atoms with Crippen molar-refractivity contribution in [2.75, 3.05) is 6.61 Å². The highest BCUT2D eigenvalue weighted by atomic mass is 19.3. The lowest BCUT2D eigenvalue weighted by atomic mass is 10.1. The minimum Gasteiger partial charge on any atom is -0.471 e. The summed E-state index contributed by atoms with van der Waals surface area (Å²) in [5.74, 6) is -0.300. The first kappa shape index (κ1) is 12.2. The smallest absolute Gasteiger partial charge is 0.272 e. The average molecular weight is 231 g/mol. The molecule has 0 aromatic carbocycles. The van der Waals surface area contributed by atoms with Crippen molar-refractivity contribution in [2.45, 2.75) is 13.3 Å². The van der Waals surface area contributed by atoms with Crippen molar-refractivity contribution < 1.29 is 18.7 Å². The van der Waals surface area contributed by atoms with E-state index >= 15 is 0 Å². The van der Waals surface area contributed by atoms with Crippen LogP contribution in [-0.4, -0.2) is 29.1 Å². The maximum atomic E-state index is 12.0. The van der Waals surface area contributed by atoms with Crippen LogP contribution < -0.4 is 10.5 Å². The Bertz CT molecular complexity index is 396. The van der Waals surface area contributed by atoms with Gasteiger partial charge in [-0.15, -0.1) is 0 Å². The van der Waals surface area contributed by atoms with Crippen molar-refractivity contribution in [1.29, 1.82) is 0 Å². The number of halogens is 2. The third kappa shape index (κ3) is 2.78. The van der Waals surface area contributed by atoms with Crippen molar-refractivity contribution in [2.24, 2.45) is 10.9 Å². The number of oxime groups is 1. The van der Waals surface area contributed by atoms with Crippen molar-refractivity contribution >= 4 is 5.84 Å². The number of hydrogen-bond acceptors (Lipinski definition) is 4. The van der Waals surface area contributed by atoms with Crippen LogP contribution in [0.1, 0.15) is 11.1 Å². The molecule has 0 spiro atoms. The lowest BCUT2D eigenvalue weighted by molar-refractivity contribution is 0.0794.